The lowest BCUT2D eigenvalue weighted by molar-refractivity contribution is 0.0747. The molecule has 1 aromatic rings. The minimum absolute atomic E-state index is 0.204. The number of nitrogens with one attached hydrogen (secondary N) is 1. The van der Waals surface area contributed by atoms with Gasteiger partial charge in [-0.1, -0.05) is 19.1 Å². The first kappa shape index (κ1) is 17.3. The summed E-state index contributed by atoms with van der Waals surface area (Å²) in [6.07, 6.45) is 3.70. The van der Waals surface area contributed by atoms with Gasteiger partial charge in [0, 0.05) is 5.54 Å². The van der Waals surface area contributed by atoms with Crippen LogP contribution in [0.25, 0.3) is 0 Å². The number of rotatable bonds is 7. The molecule has 3 heteroatoms. The van der Waals surface area contributed by atoms with Crippen molar-refractivity contribution in [1.29, 1.82) is 0 Å². The standard InChI is InChI=1S/C19H32N2O/c1-5-20-15-16-9-11-21(12-10-16)19(2,3)14-17-7-6-8-18(13-17)22-4/h6-8,13,16,20H,5,9-12,14-15H2,1-4H3. The number of nitrogens with zero attached hydrogens (tertiary/aromatic N) is 1. The second-order valence-electron chi connectivity index (χ2n) is 7.08. The van der Waals surface area contributed by atoms with Crippen LogP contribution >= 0.6 is 0 Å². The van der Waals surface area contributed by atoms with E-state index in [1.54, 1.807) is 7.11 Å². The van der Waals surface area contributed by atoms with Crippen LogP contribution in [0, 0.1) is 5.92 Å². The smallest absolute Gasteiger partial charge is 0.119 e. The van der Waals surface area contributed by atoms with Gasteiger partial charge >= 0.3 is 0 Å². The number of hydrogen-bond donors (Lipinski definition) is 1. The molecule has 3 nitrogen and oxygen atoms in total. The highest BCUT2D eigenvalue weighted by atomic mass is 16.5. The Labute approximate surface area is 136 Å². The minimum Gasteiger partial charge on any atom is -0.497 e. The van der Waals surface area contributed by atoms with E-state index in [0.717, 1.165) is 24.6 Å². The Morgan fingerprint density at radius 2 is 2.00 bits per heavy atom. The van der Waals surface area contributed by atoms with E-state index in [2.05, 4.69) is 49.2 Å². The molecule has 0 radical (unpaired) electrons. The van der Waals surface area contributed by atoms with Gasteiger partial charge in [-0.2, -0.15) is 0 Å². The van der Waals surface area contributed by atoms with E-state index < -0.39 is 0 Å². The van der Waals surface area contributed by atoms with Gasteiger partial charge in [0.15, 0.2) is 0 Å². The summed E-state index contributed by atoms with van der Waals surface area (Å²) in [5.41, 5.74) is 1.56. The highest BCUT2D eigenvalue weighted by molar-refractivity contribution is 5.29. The lowest BCUT2D eigenvalue weighted by Gasteiger charge is -2.43. The molecule has 0 aromatic heterocycles. The number of benzene rings is 1. The van der Waals surface area contributed by atoms with Crippen molar-refractivity contribution in [1.82, 2.24) is 10.2 Å². The predicted octanol–water partition coefficient (Wildman–Crippen LogP) is 3.34. The third kappa shape index (κ3) is 4.72. The van der Waals surface area contributed by atoms with Crippen molar-refractivity contribution in [3.8, 4) is 5.75 Å². The molecule has 0 bridgehead atoms. The highest BCUT2D eigenvalue weighted by Gasteiger charge is 2.30. The second kappa shape index (κ2) is 7.98. The number of methoxy groups -OCH3 is 1. The minimum atomic E-state index is 0.204. The molecule has 0 unspecified atom stereocenters. The van der Waals surface area contributed by atoms with E-state index in [1.807, 2.05) is 6.07 Å². The summed E-state index contributed by atoms with van der Waals surface area (Å²) in [6.45, 7) is 11.6. The first-order valence-electron chi connectivity index (χ1n) is 8.64. The molecule has 0 atom stereocenters. The van der Waals surface area contributed by atoms with Gasteiger partial charge in [0.2, 0.25) is 0 Å². The summed E-state index contributed by atoms with van der Waals surface area (Å²) < 4.78 is 5.35. The molecule has 0 aliphatic carbocycles. The molecule has 22 heavy (non-hydrogen) atoms. The van der Waals surface area contributed by atoms with Gasteiger partial charge < -0.3 is 10.1 Å². The fourth-order valence-electron chi connectivity index (χ4n) is 3.48. The van der Waals surface area contributed by atoms with Crippen molar-refractivity contribution in [3.63, 3.8) is 0 Å². The first-order chi connectivity index (χ1) is 10.5. The molecule has 2 rings (SSSR count). The molecule has 1 N–H and O–H groups in total. The Morgan fingerprint density at radius 1 is 1.27 bits per heavy atom. The number of hydrogen-bond acceptors (Lipinski definition) is 3. The first-order valence-corrected chi connectivity index (χ1v) is 8.64. The van der Waals surface area contributed by atoms with Crippen LogP contribution in [-0.4, -0.2) is 43.7 Å². The third-order valence-electron chi connectivity index (χ3n) is 4.92. The van der Waals surface area contributed by atoms with Crippen molar-refractivity contribution in [2.75, 3.05) is 33.3 Å². The third-order valence-corrected chi connectivity index (χ3v) is 4.92. The van der Waals surface area contributed by atoms with Crippen LogP contribution in [-0.2, 0) is 6.42 Å². The Hall–Kier alpha value is -1.06. The van der Waals surface area contributed by atoms with Crippen LogP contribution in [0.2, 0.25) is 0 Å². The van der Waals surface area contributed by atoms with E-state index in [0.29, 0.717) is 0 Å². The van der Waals surface area contributed by atoms with Gasteiger partial charge in [-0.25, -0.2) is 0 Å². The fourth-order valence-corrected chi connectivity index (χ4v) is 3.48. The predicted molar refractivity (Wildman–Crippen MR) is 93.6 cm³/mol. The Kier molecular flexibility index (Phi) is 6.27. The quantitative estimate of drug-likeness (QED) is 0.836. The monoisotopic (exact) mass is 304 g/mol. The lowest BCUT2D eigenvalue weighted by Crippen LogP contribution is -2.50. The molecule has 1 saturated heterocycles. The summed E-state index contributed by atoms with van der Waals surface area (Å²) in [5, 5.41) is 3.49. The Balaban J connectivity index is 1.90. The molecule has 1 heterocycles. The summed E-state index contributed by atoms with van der Waals surface area (Å²) in [7, 11) is 1.74. The molecule has 1 aliphatic rings. The summed E-state index contributed by atoms with van der Waals surface area (Å²) in [6, 6.07) is 8.48. The maximum absolute atomic E-state index is 5.35. The Morgan fingerprint density at radius 3 is 2.64 bits per heavy atom. The van der Waals surface area contributed by atoms with Crippen LogP contribution in [0.3, 0.4) is 0 Å². The van der Waals surface area contributed by atoms with Gasteiger partial charge in [-0.15, -0.1) is 0 Å². The van der Waals surface area contributed by atoms with E-state index in [1.165, 1.54) is 38.0 Å². The average Bonchev–Trinajstić information content (AvgIpc) is 2.53. The van der Waals surface area contributed by atoms with Crippen molar-refractivity contribution in [3.05, 3.63) is 29.8 Å². The Bertz CT molecular complexity index is 451. The molecule has 1 fully saturated rings. The summed E-state index contributed by atoms with van der Waals surface area (Å²) >= 11 is 0. The molecule has 0 spiro atoms. The van der Waals surface area contributed by atoms with E-state index in [9.17, 15) is 0 Å². The SMILES string of the molecule is CCNCC1CCN(C(C)(C)Cc2cccc(OC)c2)CC1. The number of likely N-dealkylation sites (tertiary alicyclic amines) is 1. The molecular weight excluding hydrogens is 272 g/mol. The van der Waals surface area contributed by atoms with Crippen LogP contribution in [0.1, 0.15) is 39.2 Å². The number of ether oxygens (including phenoxy) is 1. The lowest BCUT2D eigenvalue weighted by atomic mass is 9.88. The van der Waals surface area contributed by atoms with Crippen LogP contribution in [0.15, 0.2) is 24.3 Å². The molecule has 0 saturated carbocycles. The topological polar surface area (TPSA) is 24.5 Å². The van der Waals surface area contributed by atoms with Crippen LogP contribution in [0.4, 0.5) is 0 Å². The van der Waals surface area contributed by atoms with Gasteiger partial charge in [0.1, 0.15) is 5.75 Å². The van der Waals surface area contributed by atoms with E-state index in [4.69, 9.17) is 4.74 Å². The molecule has 124 valence electrons. The highest BCUT2D eigenvalue weighted by Crippen LogP contribution is 2.27. The summed E-state index contributed by atoms with van der Waals surface area (Å²) in [5.74, 6) is 1.81. The largest absolute Gasteiger partial charge is 0.497 e. The second-order valence-corrected chi connectivity index (χ2v) is 7.08. The number of piperidine rings is 1. The zero-order chi connectivity index (χ0) is 16.0. The maximum atomic E-state index is 5.35. The van der Waals surface area contributed by atoms with E-state index >= 15 is 0 Å². The van der Waals surface area contributed by atoms with E-state index in [-0.39, 0.29) is 5.54 Å². The fraction of sp³-hybridized carbons (Fsp3) is 0.684. The van der Waals surface area contributed by atoms with Crippen molar-refractivity contribution in [2.45, 2.75) is 45.6 Å². The van der Waals surface area contributed by atoms with Gasteiger partial charge in [-0.05, 0) is 82.9 Å². The summed E-state index contributed by atoms with van der Waals surface area (Å²) in [4.78, 5) is 2.66. The molecular formula is C19H32N2O. The molecule has 1 aromatic carbocycles. The van der Waals surface area contributed by atoms with Gasteiger partial charge in [0.25, 0.3) is 0 Å². The van der Waals surface area contributed by atoms with Gasteiger partial charge in [0.05, 0.1) is 7.11 Å². The normalized spacial score (nSPS) is 17.6. The van der Waals surface area contributed by atoms with Crippen LogP contribution < -0.4 is 10.1 Å². The van der Waals surface area contributed by atoms with Crippen molar-refractivity contribution >= 4 is 0 Å². The zero-order valence-corrected chi connectivity index (χ0v) is 14.7. The maximum Gasteiger partial charge on any atom is 0.119 e. The molecule has 0 amide bonds. The molecule has 1 aliphatic heterocycles. The van der Waals surface area contributed by atoms with Crippen LogP contribution in [0.5, 0.6) is 5.75 Å². The zero-order valence-electron chi connectivity index (χ0n) is 14.7. The van der Waals surface area contributed by atoms with Crippen molar-refractivity contribution < 1.29 is 4.74 Å². The van der Waals surface area contributed by atoms with Gasteiger partial charge in [-0.3, -0.25) is 4.90 Å². The average molecular weight is 304 g/mol. The van der Waals surface area contributed by atoms with Crippen molar-refractivity contribution in [2.24, 2.45) is 5.92 Å².